The minimum Gasteiger partial charge on any atom is -0.176 e. The Labute approximate surface area is 82.5 Å². The Balaban J connectivity index is 2.28. The van der Waals surface area contributed by atoms with Crippen LogP contribution in [0.15, 0.2) is 0 Å². The van der Waals surface area contributed by atoms with E-state index in [-0.39, 0.29) is 0 Å². The van der Waals surface area contributed by atoms with Crippen molar-refractivity contribution < 1.29 is 0 Å². The Bertz CT molecular complexity index is 122. The summed E-state index contributed by atoms with van der Waals surface area (Å²) in [7, 11) is 0. The Morgan fingerprint density at radius 1 is 1.33 bits per heavy atom. The van der Waals surface area contributed by atoms with Gasteiger partial charge in [0.2, 0.25) is 0 Å². The second-order valence-corrected chi connectivity index (χ2v) is 5.05. The lowest BCUT2D eigenvalue weighted by molar-refractivity contribution is 0.240. The Morgan fingerprint density at radius 3 is 2.58 bits per heavy atom. The third-order valence-corrected chi connectivity index (χ3v) is 3.91. The Kier molecular flexibility index (Phi) is 4.49. The van der Waals surface area contributed by atoms with Gasteiger partial charge in [-0.05, 0) is 24.7 Å². The van der Waals surface area contributed by atoms with E-state index in [0.717, 1.165) is 11.8 Å². The van der Waals surface area contributed by atoms with Crippen molar-refractivity contribution in [2.24, 2.45) is 11.8 Å². The molecule has 3 atom stereocenters. The quantitative estimate of drug-likeness (QED) is 0.635. The molecule has 0 amide bonds. The summed E-state index contributed by atoms with van der Waals surface area (Å²) >= 11 is 4.58. The monoisotopic (exact) mass is 186 g/mol. The van der Waals surface area contributed by atoms with Gasteiger partial charge in [-0.2, -0.15) is 12.6 Å². The fraction of sp³-hybridized carbons (Fsp3) is 1.00. The molecule has 1 saturated carbocycles. The van der Waals surface area contributed by atoms with E-state index in [4.69, 9.17) is 0 Å². The lowest BCUT2D eigenvalue weighted by Gasteiger charge is -2.30. The van der Waals surface area contributed by atoms with Crippen molar-refractivity contribution in [1.82, 2.24) is 0 Å². The summed E-state index contributed by atoms with van der Waals surface area (Å²) in [6.45, 7) is 4.66. The zero-order valence-electron chi connectivity index (χ0n) is 8.42. The fourth-order valence-electron chi connectivity index (χ4n) is 2.26. The summed E-state index contributed by atoms with van der Waals surface area (Å²) in [5.74, 6) is 1.93. The van der Waals surface area contributed by atoms with E-state index in [1.807, 2.05) is 0 Å². The third kappa shape index (κ3) is 3.01. The normalized spacial score (nSPS) is 33.2. The molecule has 0 spiro atoms. The SMILES string of the molecule is CCC(S)CC1CCCCC1C. The molecule has 12 heavy (non-hydrogen) atoms. The molecule has 0 aromatic heterocycles. The fourth-order valence-corrected chi connectivity index (χ4v) is 2.53. The Hall–Kier alpha value is 0.350. The third-order valence-electron chi connectivity index (χ3n) is 3.34. The lowest BCUT2D eigenvalue weighted by Crippen LogP contribution is -2.19. The highest BCUT2D eigenvalue weighted by molar-refractivity contribution is 7.80. The molecule has 0 aromatic carbocycles. The van der Waals surface area contributed by atoms with E-state index >= 15 is 0 Å². The van der Waals surface area contributed by atoms with Crippen LogP contribution in [0.3, 0.4) is 0 Å². The van der Waals surface area contributed by atoms with Crippen LogP contribution in [0.1, 0.15) is 52.4 Å². The van der Waals surface area contributed by atoms with Crippen molar-refractivity contribution in [2.45, 2.75) is 57.6 Å². The molecular formula is C11H22S. The van der Waals surface area contributed by atoms with E-state index in [9.17, 15) is 0 Å². The van der Waals surface area contributed by atoms with Crippen LogP contribution < -0.4 is 0 Å². The highest BCUT2D eigenvalue weighted by atomic mass is 32.1. The summed E-state index contributed by atoms with van der Waals surface area (Å²) < 4.78 is 0. The maximum Gasteiger partial charge on any atom is 0.00169 e. The molecule has 0 N–H and O–H groups in total. The summed E-state index contributed by atoms with van der Waals surface area (Å²) in [4.78, 5) is 0. The van der Waals surface area contributed by atoms with Crippen molar-refractivity contribution >= 4 is 12.6 Å². The lowest BCUT2D eigenvalue weighted by atomic mass is 9.78. The molecule has 0 bridgehead atoms. The van der Waals surface area contributed by atoms with E-state index in [0.29, 0.717) is 5.25 Å². The molecule has 1 aliphatic carbocycles. The van der Waals surface area contributed by atoms with Gasteiger partial charge in [0.1, 0.15) is 0 Å². The van der Waals surface area contributed by atoms with Gasteiger partial charge in [-0.15, -0.1) is 0 Å². The van der Waals surface area contributed by atoms with Gasteiger partial charge in [-0.25, -0.2) is 0 Å². The number of rotatable bonds is 3. The van der Waals surface area contributed by atoms with E-state index in [1.165, 1.54) is 38.5 Å². The van der Waals surface area contributed by atoms with Gasteiger partial charge in [0.05, 0.1) is 0 Å². The molecule has 0 saturated heterocycles. The minimum absolute atomic E-state index is 0.649. The number of thiol groups is 1. The molecule has 0 heterocycles. The van der Waals surface area contributed by atoms with Crippen molar-refractivity contribution in [3.05, 3.63) is 0 Å². The predicted octanol–water partition coefficient (Wildman–Crippen LogP) is 3.91. The molecule has 72 valence electrons. The van der Waals surface area contributed by atoms with Crippen LogP contribution in [-0.4, -0.2) is 5.25 Å². The van der Waals surface area contributed by atoms with Crippen LogP contribution in [0.2, 0.25) is 0 Å². The van der Waals surface area contributed by atoms with Crippen molar-refractivity contribution in [3.8, 4) is 0 Å². The largest absolute Gasteiger partial charge is 0.176 e. The van der Waals surface area contributed by atoms with Gasteiger partial charge >= 0.3 is 0 Å². The zero-order valence-corrected chi connectivity index (χ0v) is 9.32. The van der Waals surface area contributed by atoms with Gasteiger partial charge in [0, 0.05) is 5.25 Å². The highest BCUT2D eigenvalue weighted by Crippen LogP contribution is 2.33. The van der Waals surface area contributed by atoms with Gasteiger partial charge < -0.3 is 0 Å². The number of hydrogen-bond acceptors (Lipinski definition) is 1. The van der Waals surface area contributed by atoms with Crippen molar-refractivity contribution in [1.29, 1.82) is 0 Å². The smallest absolute Gasteiger partial charge is 0.00169 e. The maximum atomic E-state index is 4.58. The molecule has 0 aliphatic heterocycles. The average molecular weight is 186 g/mol. The van der Waals surface area contributed by atoms with E-state index < -0.39 is 0 Å². The van der Waals surface area contributed by atoms with Gasteiger partial charge in [0.15, 0.2) is 0 Å². The molecule has 0 aromatic rings. The first-order chi connectivity index (χ1) is 5.74. The van der Waals surface area contributed by atoms with Crippen LogP contribution in [0.25, 0.3) is 0 Å². The first-order valence-electron chi connectivity index (χ1n) is 5.42. The summed E-state index contributed by atoms with van der Waals surface area (Å²) in [6.07, 6.45) is 8.40. The summed E-state index contributed by atoms with van der Waals surface area (Å²) in [5, 5.41) is 0.649. The van der Waals surface area contributed by atoms with Gasteiger partial charge in [-0.3, -0.25) is 0 Å². The minimum atomic E-state index is 0.649. The van der Waals surface area contributed by atoms with Crippen LogP contribution >= 0.6 is 12.6 Å². The molecule has 1 heteroatoms. The van der Waals surface area contributed by atoms with E-state index in [1.54, 1.807) is 0 Å². The van der Waals surface area contributed by atoms with E-state index in [2.05, 4.69) is 26.5 Å². The molecule has 0 nitrogen and oxygen atoms in total. The van der Waals surface area contributed by atoms with Crippen LogP contribution in [-0.2, 0) is 0 Å². The standard InChI is InChI=1S/C11H22S/c1-3-11(12)8-10-7-5-4-6-9(10)2/h9-12H,3-8H2,1-2H3. The van der Waals surface area contributed by atoms with Crippen LogP contribution in [0, 0.1) is 11.8 Å². The maximum absolute atomic E-state index is 4.58. The highest BCUT2D eigenvalue weighted by Gasteiger charge is 2.22. The first kappa shape index (κ1) is 10.4. The Morgan fingerprint density at radius 2 is 2.00 bits per heavy atom. The molecule has 1 rings (SSSR count). The second-order valence-electron chi connectivity index (χ2n) is 4.32. The molecule has 1 fully saturated rings. The molecule has 0 radical (unpaired) electrons. The van der Waals surface area contributed by atoms with Gasteiger partial charge in [0.25, 0.3) is 0 Å². The molecule has 3 unspecified atom stereocenters. The number of hydrogen-bond donors (Lipinski definition) is 1. The average Bonchev–Trinajstić information content (AvgIpc) is 2.09. The summed E-state index contributed by atoms with van der Waals surface area (Å²) in [5.41, 5.74) is 0. The van der Waals surface area contributed by atoms with Crippen LogP contribution in [0.4, 0.5) is 0 Å². The van der Waals surface area contributed by atoms with Crippen LogP contribution in [0.5, 0.6) is 0 Å². The van der Waals surface area contributed by atoms with Gasteiger partial charge in [-0.1, -0.05) is 39.5 Å². The predicted molar refractivity (Wildman–Crippen MR) is 58.8 cm³/mol. The van der Waals surface area contributed by atoms with Crippen molar-refractivity contribution in [3.63, 3.8) is 0 Å². The first-order valence-corrected chi connectivity index (χ1v) is 5.93. The van der Waals surface area contributed by atoms with Crippen molar-refractivity contribution in [2.75, 3.05) is 0 Å². The molecular weight excluding hydrogens is 164 g/mol. The zero-order chi connectivity index (χ0) is 8.97. The topological polar surface area (TPSA) is 0 Å². The summed E-state index contributed by atoms with van der Waals surface area (Å²) in [6, 6.07) is 0. The second kappa shape index (κ2) is 5.16. The molecule has 1 aliphatic rings.